The highest BCUT2D eigenvalue weighted by atomic mass is 35.5. The van der Waals surface area contributed by atoms with Crippen molar-refractivity contribution in [2.24, 2.45) is 0 Å². The minimum absolute atomic E-state index is 0.0974. The third-order valence-corrected chi connectivity index (χ3v) is 5.69. The fourth-order valence-corrected chi connectivity index (χ4v) is 3.56. The molecule has 1 fully saturated rings. The molecule has 3 rings (SSSR count). The van der Waals surface area contributed by atoms with Crippen LogP contribution >= 0.6 is 11.6 Å². The molecule has 2 N–H and O–H groups in total. The summed E-state index contributed by atoms with van der Waals surface area (Å²) in [4.78, 5) is 38.9. The third kappa shape index (κ3) is 6.55. The van der Waals surface area contributed by atoms with Gasteiger partial charge in [0.15, 0.2) is 0 Å². The van der Waals surface area contributed by atoms with Crippen LogP contribution in [0.15, 0.2) is 36.4 Å². The lowest BCUT2D eigenvalue weighted by Gasteiger charge is -2.21. The van der Waals surface area contributed by atoms with Gasteiger partial charge in [-0.1, -0.05) is 23.7 Å². The topological polar surface area (TPSA) is 87.7 Å². The van der Waals surface area contributed by atoms with Crippen molar-refractivity contribution in [1.82, 2.24) is 4.90 Å². The lowest BCUT2D eigenvalue weighted by Crippen LogP contribution is -2.37. The molecule has 0 heterocycles. The number of carbonyl (C=O) groups excluding carboxylic acids is 3. The number of nitrogens with one attached hydrogen (secondary N) is 2. The molecule has 2 amide bonds. The molecular formula is C24H28ClN3O4. The van der Waals surface area contributed by atoms with Crippen LogP contribution in [-0.4, -0.2) is 48.9 Å². The van der Waals surface area contributed by atoms with Crippen molar-refractivity contribution in [1.29, 1.82) is 0 Å². The first-order valence-corrected chi connectivity index (χ1v) is 10.9. The molecule has 170 valence electrons. The molecule has 2 aromatic carbocycles. The maximum Gasteiger partial charge on any atom is 0.337 e. The summed E-state index contributed by atoms with van der Waals surface area (Å²) in [6.45, 7) is 4.62. The summed E-state index contributed by atoms with van der Waals surface area (Å²) < 4.78 is 4.70. The molecule has 32 heavy (non-hydrogen) atoms. The van der Waals surface area contributed by atoms with Crippen LogP contribution in [0.5, 0.6) is 0 Å². The van der Waals surface area contributed by atoms with Gasteiger partial charge in [-0.3, -0.25) is 14.5 Å². The molecule has 0 saturated heterocycles. The monoisotopic (exact) mass is 457 g/mol. The molecule has 1 saturated carbocycles. The quantitative estimate of drug-likeness (QED) is 0.551. The van der Waals surface area contributed by atoms with E-state index < -0.39 is 5.97 Å². The van der Waals surface area contributed by atoms with Crippen LogP contribution in [0.25, 0.3) is 0 Å². The molecule has 0 aliphatic heterocycles. The number of esters is 1. The number of halogens is 1. The zero-order valence-corrected chi connectivity index (χ0v) is 19.3. The molecule has 7 nitrogen and oxygen atoms in total. The number of rotatable bonds is 9. The van der Waals surface area contributed by atoms with Crippen molar-refractivity contribution in [3.8, 4) is 0 Å². The minimum Gasteiger partial charge on any atom is -0.465 e. The highest BCUT2D eigenvalue weighted by Gasteiger charge is 2.30. The van der Waals surface area contributed by atoms with E-state index in [9.17, 15) is 14.4 Å². The Morgan fingerprint density at radius 2 is 1.75 bits per heavy atom. The molecule has 0 unspecified atom stereocenters. The minimum atomic E-state index is -0.507. The number of hydrogen-bond donors (Lipinski definition) is 2. The summed E-state index contributed by atoms with van der Waals surface area (Å²) in [5.41, 5.74) is 3.55. The van der Waals surface area contributed by atoms with E-state index in [4.69, 9.17) is 16.3 Å². The fraction of sp³-hybridized carbons (Fsp3) is 0.375. The molecular weight excluding hydrogens is 430 g/mol. The number of amides is 2. The second-order valence-corrected chi connectivity index (χ2v) is 8.46. The Morgan fingerprint density at radius 3 is 2.44 bits per heavy atom. The molecule has 0 atom stereocenters. The van der Waals surface area contributed by atoms with Gasteiger partial charge in [0.1, 0.15) is 0 Å². The van der Waals surface area contributed by atoms with E-state index in [1.54, 1.807) is 0 Å². The number of anilines is 2. The van der Waals surface area contributed by atoms with Crippen molar-refractivity contribution in [3.63, 3.8) is 0 Å². The van der Waals surface area contributed by atoms with Gasteiger partial charge in [0.05, 0.1) is 29.9 Å². The lowest BCUT2D eigenvalue weighted by molar-refractivity contribution is -0.119. The van der Waals surface area contributed by atoms with Gasteiger partial charge in [0, 0.05) is 24.7 Å². The number of methoxy groups -OCH3 is 1. The van der Waals surface area contributed by atoms with Gasteiger partial charge < -0.3 is 15.4 Å². The van der Waals surface area contributed by atoms with Crippen LogP contribution < -0.4 is 10.6 Å². The second kappa shape index (κ2) is 10.6. The van der Waals surface area contributed by atoms with Crippen LogP contribution in [0.2, 0.25) is 5.02 Å². The average Bonchev–Trinajstić information content (AvgIpc) is 3.60. The van der Waals surface area contributed by atoms with E-state index in [-0.39, 0.29) is 24.8 Å². The molecule has 1 aliphatic carbocycles. The summed E-state index contributed by atoms with van der Waals surface area (Å²) in [5, 5.41) is 6.06. The highest BCUT2D eigenvalue weighted by molar-refractivity contribution is 6.33. The Kier molecular flexibility index (Phi) is 7.88. The number of nitrogens with zero attached hydrogens (tertiary/aromatic N) is 1. The first kappa shape index (κ1) is 23.8. The maximum absolute atomic E-state index is 12.6. The van der Waals surface area contributed by atoms with Crippen molar-refractivity contribution < 1.29 is 19.1 Å². The smallest absolute Gasteiger partial charge is 0.337 e. The molecule has 1 aliphatic rings. The first-order chi connectivity index (χ1) is 15.3. The number of carbonyl (C=O) groups is 3. The van der Waals surface area contributed by atoms with E-state index in [1.165, 1.54) is 25.3 Å². The molecule has 0 spiro atoms. The van der Waals surface area contributed by atoms with Gasteiger partial charge in [-0.2, -0.15) is 0 Å². The van der Waals surface area contributed by atoms with Gasteiger partial charge in [-0.25, -0.2) is 4.79 Å². The van der Waals surface area contributed by atoms with Crippen LogP contribution in [0.4, 0.5) is 11.4 Å². The summed E-state index contributed by atoms with van der Waals surface area (Å²) >= 11 is 6.15. The van der Waals surface area contributed by atoms with Gasteiger partial charge in [0.2, 0.25) is 11.8 Å². The summed E-state index contributed by atoms with van der Waals surface area (Å²) in [6, 6.07) is 10.8. The van der Waals surface area contributed by atoms with Crippen LogP contribution in [0, 0.1) is 13.8 Å². The molecule has 0 bridgehead atoms. The molecule has 0 aromatic heterocycles. The molecule has 8 heteroatoms. The Balaban J connectivity index is 1.56. The number of ether oxygens (including phenoxy) is 1. The van der Waals surface area contributed by atoms with Crippen molar-refractivity contribution in [2.45, 2.75) is 39.2 Å². The van der Waals surface area contributed by atoms with Gasteiger partial charge >= 0.3 is 5.97 Å². The van der Waals surface area contributed by atoms with Crippen molar-refractivity contribution in [2.75, 3.05) is 30.8 Å². The molecule has 0 radical (unpaired) electrons. The van der Waals surface area contributed by atoms with Crippen molar-refractivity contribution in [3.05, 3.63) is 58.1 Å². The SMILES string of the molecule is COC(=O)c1ccc(Cl)c(NC(=O)CCN(CC(=O)Nc2cc(C)ccc2C)C2CC2)c1. The standard InChI is InChI=1S/C24H28ClN3O4/c1-15-4-5-16(2)20(12-15)26-23(30)14-28(18-7-8-18)11-10-22(29)27-21-13-17(24(31)32-3)6-9-19(21)25/h4-6,9,12-13,18H,7-8,10-11,14H2,1-3H3,(H,26,30)(H,27,29). The Hall–Kier alpha value is -2.90. The van der Waals surface area contributed by atoms with Crippen LogP contribution in [0.1, 0.15) is 40.7 Å². The van der Waals surface area contributed by atoms with Gasteiger partial charge in [-0.05, 0) is 62.1 Å². The number of benzene rings is 2. The maximum atomic E-state index is 12.6. The second-order valence-electron chi connectivity index (χ2n) is 8.05. The van der Waals surface area contributed by atoms with Crippen molar-refractivity contribution >= 4 is 40.8 Å². The normalized spacial score (nSPS) is 13.0. The Bertz CT molecular complexity index is 1020. The van der Waals surface area contributed by atoms with E-state index in [1.807, 2.05) is 36.9 Å². The Labute approximate surface area is 193 Å². The summed E-state index contributed by atoms with van der Waals surface area (Å²) in [5.74, 6) is -0.846. The van der Waals surface area contributed by atoms with E-state index >= 15 is 0 Å². The van der Waals surface area contributed by atoms with Crippen LogP contribution in [-0.2, 0) is 14.3 Å². The highest BCUT2D eigenvalue weighted by Crippen LogP contribution is 2.27. The number of hydrogen-bond acceptors (Lipinski definition) is 5. The van der Waals surface area contributed by atoms with E-state index in [2.05, 4.69) is 10.6 Å². The van der Waals surface area contributed by atoms with Crippen LogP contribution in [0.3, 0.4) is 0 Å². The first-order valence-electron chi connectivity index (χ1n) is 10.6. The summed E-state index contributed by atoms with van der Waals surface area (Å²) in [6.07, 6.45) is 2.24. The van der Waals surface area contributed by atoms with E-state index in [0.717, 1.165) is 29.7 Å². The average molecular weight is 458 g/mol. The largest absolute Gasteiger partial charge is 0.465 e. The predicted octanol–water partition coefficient (Wildman–Crippen LogP) is 4.18. The van der Waals surface area contributed by atoms with Gasteiger partial charge in [0.25, 0.3) is 0 Å². The molecule has 2 aromatic rings. The Morgan fingerprint density at radius 1 is 1.03 bits per heavy atom. The zero-order valence-electron chi connectivity index (χ0n) is 18.5. The summed E-state index contributed by atoms with van der Waals surface area (Å²) in [7, 11) is 1.29. The predicted molar refractivity (Wildman–Crippen MR) is 125 cm³/mol. The third-order valence-electron chi connectivity index (χ3n) is 5.36. The van der Waals surface area contributed by atoms with Gasteiger partial charge in [-0.15, -0.1) is 0 Å². The zero-order chi connectivity index (χ0) is 23.3. The number of aryl methyl sites for hydroxylation is 2. The van der Waals surface area contributed by atoms with E-state index in [0.29, 0.717) is 28.9 Å². The fourth-order valence-electron chi connectivity index (χ4n) is 3.40. The lowest BCUT2D eigenvalue weighted by atomic mass is 10.1.